The van der Waals surface area contributed by atoms with E-state index >= 15 is 0 Å². The van der Waals surface area contributed by atoms with E-state index in [2.05, 4.69) is 46.2 Å². The predicted octanol–water partition coefficient (Wildman–Crippen LogP) is 3.31. The molecule has 4 rings (SSSR count). The van der Waals surface area contributed by atoms with Crippen LogP contribution in [-0.2, 0) is 17.9 Å². The van der Waals surface area contributed by atoms with Crippen LogP contribution in [0.1, 0.15) is 24.0 Å². The number of benzene rings is 2. The van der Waals surface area contributed by atoms with Gasteiger partial charge >= 0.3 is 0 Å². The Morgan fingerprint density at radius 3 is 2.17 bits per heavy atom. The van der Waals surface area contributed by atoms with Gasteiger partial charge in [0, 0.05) is 19.6 Å². The molecule has 2 aliphatic heterocycles. The highest BCUT2D eigenvalue weighted by Crippen LogP contribution is 2.31. The number of hydrogen-bond donors (Lipinski definition) is 0. The SMILES string of the molecule is O=C1[C@H]2C[C@H](CCN2Cc2ccccc2)CN1Cc1ccccc1. The second-order valence-corrected chi connectivity index (χ2v) is 7.07. The number of likely N-dealkylation sites (tertiary alicyclic amines) is 2. The molecule has 2 atom stereocenters. The molecular weight excluding hydrogens is 296 g/mol. The zero-order valence-corrected chi connectivity index (χ0v) is 14.0. The molecule has 3 nitrogen and oxygen atoms in total. The Morgan fingerprint density at radius 2 is 1.50 bits per heavy atom. The molecule has 2 fully saturated rings. The maximum absolute atomic E-state index is 13.0. The molecule has 0 saturated carbocycles. The van der Waals surface area contributed by atoms with Gasteiger partial charge in [-0.2, -0.15) is 0 Å². The maximum atomic E-state index is 13.0. The highest BCUT2D eigenvalue weighted by molar-refractivity contribution is 5.83. The zero-order valence-electron chi connectivity index (χ0n) is 14.0. The van der Waals surface area contributed by atoms with Crippen LogP contribution >= 0.6 is 0 Å². The molecule has 2 heterocycles. The van der Waals surface area contributed by atoms with Crippen LogP contribution in [0.4, 0.5) is 0 Å². The zero-order chi connectivity index (χ0) is 16.4. The molecule has 2 aliphatic rings. The van der Waals surface area contributed by atoms with Gasteiger partial charge in [0.1, 0.15) is 0 Å². The largest absolute Gasteiger partial charge is 0.337 e. The lowest BCUT2D eigenvalue weighted by atomic mass is 9.85. The lowest BCUT2D eigenvalue weighted by Gasteiger charge is -2.46. The molecule has 2 aromatic rings. The van der Waals surface area contributed by atoms with Crippen LogP contribution in [-0.4, -0.2) is 34.8 Å². The molecule has 0 aromatic heterocycles. The first-order valence-corrected chi connectivity index (χ1v) is 8.90. The Morgan fingerprint density at radius 1 is 0.875 bits per heavy atom. The summed E-state index contributed by atoms with van der Waals surface area (Å²) in [5, 5.41) is 0. The van der Waals surface area contributed by atoms with Gasteiger partial charge < -0.3 is 4.90 Å². The Labute approximate surface area is 143 Å². The van der Waals surface area contributed by atoms with Crippen LogP contribution in [0.3, 0.4) is 0 Å². The van der Waals surface area contributed by atoms with E-state index in [-0.39, 0.29) is 6.04 Å². The number of rotatable bonds is 4. The fraction of sp³-hybridized carbons (Fsp3) is 0.381. The van der Waals surface area contributed by atoms with Crippen LogP contribution in [0.5, 0.6) is 0 Å². The summed E-state index contributed by atoms with van der Waals surface area (Å²) in [6.45, 7) is 3.58. The summed E-state index contributed by atoms with van der Waals surface area (Å²) in [6.07, 6.45) is 2.22. The summed E-state index contributed by atoms with van der Waals surface area (Å²) in [5.74, 6) is 0.967. The number of fused-ring (bicyclic) bond motifs is 2. The molecule has 2 aromatic carbocycles. The predicted molar refractivity (Wildman–Crippen MR) is 95.2 cm³/mol. The van der Waals surface area contributed by atoms with E-state index < -0.39 is 0 Å². The first-order chi connectivity index (χ1) is 11.8. The highest BCUT2D eigenvalue weighted by Gasteiger charge is 2.40. The minimum Gasteiger partial charge on any atom is -0.337 e. The van der Waals surface area contributed by atoms with Crippen LogP contribution in [0.25, 0.3) is 0 Å². The van der Waals surface area contributed by atoms with Gasteiger partial charge in [0.05, 0.1) is 6.04 Å². The van der Waals surface area contributed by atoms with Crippen LogP contribution in [0, 0.1) is 5.92 Å². The van der Waals surface area contributed by atoms with Crippen LogP contribution in [0.15, 0.2) is 60.7 Å². The van der Waals surface area contributed by atoms with E-state index in [1.165, 1.54) is 17.5 Å². The Bertz CT molecular complexity index is 685. The van der Waals surface area contributed by atoms with Crippen molar-refractivity contribution in [3.8, 4) is 0 Å². The monoisotopic (exact) mass is 320 g/mol. The summed E-state index contributed by atoms with van der Waals surface area (Å²) < 4.78 is 0. The second-order valence-electron chi connectivity index (χ2n) is 7.07. The lowest BCUT2D eigenvalue weighted by Crippen LogP contribution is -2.58. The van der Waals surface area contributed by atoms with Crippen LogP contribution in [0.2, 0.25) is 0 Å². The quantitative estimate of drug-likeness (QED) is 0.863. The number of carbonyl (C=O) groups excluding carboxylic acids is 1. The number of nitrogens with zero attached hydrogens (tertiary/aromatic N) is 2. The molecule has 2 saturated heterocycles. The minimum absolute atomic E-state index is 0.0569. The van der Waals surface area contributed by atoms with Gasteiger partial charge in [-0.25, -0.2) is 0 Å². The third kappa shape index (κ3) is 3.22. The Balaban J connectivity index is 1.48. The van der Waals surface area contributed by atoms with E-state index in [9.17, 15) is 4.79 Å². The summed E-state index contributed by atoms with van der Waals surface area (Å²) in [7, 11) is 0. The molecule has 0 spiro atoms. The number of piperidine rings is 2. The third-order valence-electron chi connectivity index (χ3n) is 5.34. The van der Waals surface area contributed by atoms with E-state index in [1.54, 1.807) is 0 Å². The standard InChI is InChI=1S/C21H24N2O/c24-21-20-13-19(16-23(21)15-18-9-5-2-6-10-18)11-12-22(20)14-17-7-3-1-4-8-17/h1-10,19-20H,11-16H2/t19-,20+/m0/s1. The van der Waals surface area contributed by atoms with Crippen molar-refractivity contribution in [3.63, 3.8) is 0 Å². The molecule has 1 amide bonds. The minimum atomic E-state index is 0.0569. The van der Waals surface area contributed by atoms with E-state index in [1.807, 2.05) is 24.3 Å². The average molecular weight is 320 g/mol. The van der Waals surface area contributed by atoms with Crippen molar-refractivity contribution < 1.29 is 4.79 Å². The summed E-state index contributed by atoms with van der Waals surface area (Å²) >= 11 is 0. The summed E-state index contributed by atoms with van der Waals surface area (Å²) in [6, 6.07) is 20.9. The van der Waals surface area contributed by atoms with Crippen molar-refractivity contribution in [3.05, 3.63) is 71.8 Å². The summed E-state index contributed by atoms with van der Waals surface area (Å²) in [5.41, 5.74) is 2.52. The first-order valence-electron chi connectivity index (χ1n) is 8.90. The topological polar surface area (TPSA) is 23.6 Å². The van der Waals surface area contributed by atoms with Crippen molar-refractivity contribution in [2.45, 2.75) is 32.0 Å². The van der Waals surface area contributed by atoms with Crippen molar-refractivity contribution in [1.82, 2.24) is 9.80 Å². The first kappa shape index (κ1) is 15.4. The van der Waals surface area contributed by atoms with Gasteiger partial charge in [-0.05, 0) is 36.4 Å². The number of amides is 1. The van der Waals surface area contributed by atoms with Crippen molar-refractivity contribution in [2.75, 3.05) is 13.1 Å². The van der Waals surface area contributed by atoms with Gasteiger partial charge in [0.2, 0.25) is 5.91 Å². The second kappa shape index (κ2) is 6.78. The maximum Gasteiger partial charge on any atom is 0.240 e. The molecule has 2 bridgehead atoms. The average Bonchev–Trinajstić information content (AvgIpc) is 2.63. The smallest absolute Gasteiger partial charge is 0.240 e. The normalized spacial score (nSPS) is 24.2. The van der Waals surface area contributed by atoms with Crippen molar-refractivity contribution in [2.24, 2.45) is 5.92 Å². The van der Waals surface area contributed by atoms with E-state index in [0.717, 1.165) is 32.6 Å². The fourth-order valence-electron chi connectivity index (χ4n) is 4.08. The fourth-order valence-corrected chi connectivity index (χ4v) is 4.08. The van der Waals surface area contributed by atoms with Gasteiger partial charge in [0.15, 0.2) is 0 Å². The van der Waals surface area contributed by atoms with Gasteiger partial charge in [-0.15, -0.1) is 0 Å². The number of hydrogen-bond acceptors (Lipinski definition) is 2. The van der Waals surface area contributed by atoms with Gasteiger partial charge in [0.25, 0.3) is 0 Å². The summed E-state index contributed by atoms with van der Waals surface area (Å²) in [4.78, 5) is 17.5. The molecule has 0 N–H and O–H groups in total. The third-order valence-corrected chi connectivity index (χ3v) is 5.34. The van der Waals surface area contributed by atoms with E-state index in [4.69, 9.17) is 0 Å². The Kier molecular flexibility index (Phi) is 4.35. The van der Waals surface area contributed by atoms with Gasteiger partial charge in [-0.1, -0.05) is 60.7 Å². The highest BCUT2D eigenvalue weighted by atomic mass is 16.2. The van der Waals surface area contributed by atoms with E-state index in [0.29, 0.717) is 11.8 Å². The molecule has 0 unspecified atom stereocenters. The van der Waals surface area contributed by atoms with Crippen molar-refractivity contribution >= 4 is 5.91 Å². The Hall–Kier alpha value is -2.13. The number of carbonyl (C=O) groups is 1. The molecule has 124 valence electrons. The van der Waals surface area contributed by atoms with Crippen molar-refractivity contribution in [1.29, 1.82) is 0 Å². The molecule has 3 heteroatoms. The van der Waals surface area contributed by atoms with Crippen LogP contribution < -0.4 is 0 Å². The van der Waals surface area contributed by atoms with Gasteiger partial charge in [-0.3, -0.25) is 9.69 Å². The molecular formula is C21H24N2O. The molecule has 0 aliphatic carbocycles. The molecule has 24 heavy (non-hydrogen) atoms. The lowest BCUT2D eigenvalue weighted by molar-refractivity contribution is -0.146. The molecule has 0 radical (unpaired) electrons.